The van der Waals surface area contributed by atoms with Crippen molar-refractivity contribution >= 4 is 17.9 Å². The molecule has 0 bridgehead atoms. The summed E-state index contributed by atoms with van der Waals surface area (Å²) in [4.78, 5) is 13.2. The van der Waals surface area contributed by atoms with Gasteiger partial charge >= 0.3 is 0 Å². The van der Waals surface area contributed by atoms with Crippen LogP contribution < -0.4 is 9.47 Å². The normalized spacial score (nSPS) is 25.1. The first-order valence-electron chi connectivity index (χ1n) is 8.55. The van der Waals surface area contributed by atoms with Crippen LogP contribution in [-0.2, 0) is 4.79 Å². The number of Topliss-reactive ketones (excluding diaryl/α,β-unsaturated/α-hetero) is 1. The van der Waals surface area contributed by atoms with Gasteiger partial charge in [-0.25, -0.2) is 0 Å². The van der Waals surface area contributed by atoms with Crippen LogP contribution in [0.25, 0.3) is 12.2 Å². The molecule has 0 radical (unpaired) electrons. The van der Waals surface area contributed by atoms with Gasteiger partial charge in [-0.15, -0.1) is 0 Å². The highest BCUT2D eigenvalue weighted by molar-refractivity contribution is 6.16. The number of benzene rings is 2. The number of ketones is 1. The summed E-state index contributed by atoms with van der Waals surface area (Å²) in [5.74, 6) is 1.67. The Kier molecular flexibility index (Phi) is 2.82. The van der Waals surface area contributed by atoms with Crippen LogP contribution in [0.4, 0.5) is 0 Å². The third kappa shape index (κ3) is 1.95. The van der Waals surface area contributed by atoms with E-state index in [2.05, 4.69) is 13.8 Å². The van der Waals surface area contributed by atoms with E-state index in [1.807, 2.05) is 60.7 Å². The van der Waals surface area contributed by atoms with E-state index in [-0.39, 0.29) is 23.4 Å². The molecule has 3 nitrogen and oxygen atoms in total. The summed E-state index contributed by atoms with van der Waals surface area (Å²) in [5.41, 5.74) is 2.97. The molecular weight excluding hydrogens is 312 g/mol. The van der Waals surface area contributed by atoms with E-state index < -0.39 is 0 Å². The Hall–Kier alpha value is -2.81. The summed E-state index contributed by atoms with van der Waals surface area (Å²) in [6, 6.07) is 15.7. The molecule has 5 rings (SSSR count). The van der Waals surface area contributed by atoms with E-state index >= 15 is 0 Å². The number of fused-ring (bicyclic) bond motifs is 4. The molecule has 2 aromatic carbocycles. The number of hydrogen-bond donors (Lipinski definition) is 0. The van der Waals surface area contributed by atoms with Crippen LogP contribution in [0.1, 0.15) is 25.0 Å². The minimum atomic E-state index is -0.368. The Morgan fingerprint density at radius 3 is 1.68 bits per heavy atom. The van der Waals surface area contributed by atoms with Crippen molar-refractivity contribution in [1.82, 2.24) is 0 Å². The van der Waals surface area contributed by atoms with Gasteiger partial charge in [0.05, 0.1) is 0 Å². The first-order valence-corrected chi connectivity index (χ1v) is 8.55. The summed E-state index contributed by atoms with van der Waals surface area (Å²) in [6.45, 7) is 4.22. The van der Waals surface area contributed by atoms with Crippen molar-refractivity contribution in [1.29, 1.82) is 0 Å². The van der Waals surface area contributed by atoms with Crippen LogP contribution in [0, 0.1) is 5.41 Å². The van der Waals surface area contributed by atoms with Gasteiger partial charge in [-0.05, 0) is 24.3 Å². The average Bonchev–Trinajstić information content (AvgIpc) is 2.64. The molecule has 2 aliphatic heterocycles. The molecule has 3 aliphatic rings. The smallest absolute Gasteiger partial charge is 0.192 e. The molecule has 1 fully saturated rings. The lowest BCUT2D eigenvalue weighted by Gasteiger charge is -2.48. The van der Waals surface area contributed by atoms with Crippen molar-refractivity contribution in [2.45, 2.75) is 26.1 Å². The van der Waals surface area contributed by atoms with Gasteiger partial charge in [0, 0.05) is 27.7 Å². The lowest BCUT2D eigenvalue weighted by atomic mass is 9.65. The maximum atomic E-state index is 13.2. The summed E-state index contributed by atoms with van der Waals surface area (Å²) in [6.07, 6.45) is 3.32. The molecule has 3 heteroatoms. The highest BCUT2D eigenvalue weighted by Crippen LogP contribution is 2.49. The monoisotopic (exact) mass is 330 g/mol. The predicted molar refractivity (Wildman–Crippen MR) is 96.5 cm³/mol. The third-order valence-electron chi connectivity index (χ3n) is 5.39. The maximum Gasteiger partial charge on any atom is 0.192 e. The Bertz CT molecular complexity index is 889. The van der Waals surface area contributed by atoms with Gasteiger partial charge in [0.25, 0.3) is 0 Å². The largest absolute Gasteiger partial charge is 0.484 e. The molecule has 0 amide bonds. The molecule has 1 aliphatic carbocycles. The van der Waals surface area contributed by atoms with Crippen LogP contribution in [0.5, 0.6) is 11.5 Å². The maximum absolute atomic E-state index is 13.2. The van der Waals surface area contributed by atoms with E-state index in [0.29, 0.717) is 11.1 Å². The van der Waals surface area contributed by atoms with E-state index in [1.54, 1.807) is 0 Å². The zero-order valence-corrected chi connectivity index (χ0v) is 14.2. The first-order chi connectivity index (χ1) is 12.1. The molecule has 0 unspecified atom stereocenters. The predicted octanol–water partition coefficient (Wildman–Crippen LogP) is 4.28. The number of rotatable bonds is 0. The standard InChI is InChI=1S/C22H18O3/c1-22(2)20-15(11-13-7-3-5-9-17(13)24-20)19(23)16-12-14-8-4-6-10-18(14)25-21(16)22/h3-12,20-21H,1-2H3/t20-,21-/m1/s1. The molecule has 0 spiro atoms. The number of carbonyl (C=O) groups is 1. The van der Waals surface area contributed by atoms with Gasteiger partial charge in [0.15, 0.2) is 5.78 Å². The average molecular weight is 330 g/mol. The number of carbonyl (C=O) groups excluding carboxylic acids is 1. The van der Waals surface area contributed by atoms with Crippen LogP contribution in [0.15, 0.2) is 59.7 Å². The van der Waals surface area contributed by atoms with Gasteiger partial charge in [0.2, 0.25) is 0 Å². The molecule has 0 N–H and O–H groups in total. The molecule has 2 heterocycles. The van der Waals surface area contributed by atoms with Gasteiger partial charge < -0.3 is 9.47 Å². The first kappa shape index (κ1) is 14.5. The van der Waals surface area contributed by atoms with Crippen LogP contribution in [-0.4, -0.2) is 18.0 Å². The highest BCUT2D eigenvalue weighted by Gasteiger charge is 2.54. The minimum absolute atomic E-state index is 0.0262. The van der Waals surface area contributed by atoms with E-state index in [1.165, 1.54) is 0 Å². The SMILES string of the molecule is CC1(C)[C@@H]2Oc3ccccc3C=C2C(=O)C2=Cc3ccccc3O[C@H]21. The lowest BCUT2D eigenvalue weighted by molar-refractivity contribution is -0.119. The number of ether oxygens (including phenoxy) is 2. The van der Waals surface area contributed by atoms with E-state index in [0.717, 1.165) is 22.6 Å². The van der Waals surface area contributed by atoms with Crippen molar-refractivity contribution in [2.75, 3.05) is 0 Å². The van der Waals surface area contributed by atoms with Crippen LogP contribution in [0.2, 0.25) is 0 Å². The Balaban J connectivity index is 1.70. The van der Waals surface area contributed by atoms with E-state index in [4.69, 9.17) is 9.47 Å². The zero-order valence-electron chi connectivity index (χ0n) is 14.2. The molecule has 2 aromatic rings. The second kappa shape index (κ2) is 4.85. The summed E-state index contributed by atoms with van der Waals surface area (Å²) in [7, 11) is 0. The van der Waals surface area contributed by atoms with Gasteiger partial charge in [-0.3, -0.25) is 4.79 Å². The molecular formula is C22H18O3. The van der Waals surface area contributed by atoms with Crippen LogP contribution >= 0.6 is 0 Å². The Morgan fingerprint density at radius 1 is 0.760 bits per heavy atom. The fraction of sp³-hybridized carbons (Fsp3) is 0.227. The van der Waals surface area contributed by atoms with Crippen molar-refractivity contribution in [2.24, 2.45) is 5.41 Å². The Morgan fingerprint density at radius 2 is 1.20 bits per heavy atom. The molecule has 0 aromatic heterocycles. The van der Waals surface area contributed by atoms with E-state index in [9.17, 15) is 4.79 Å². The number of hydrogen-bond acceptors (Lipinski definition) is 3. The quantitative estimate of drug-likeness (QED) is 0.723. The van der Waals surface area contributed by atoms with Gasteiger partial charge in [-0.2, -0.15) is 0 Å². The topological polar surface area (TPSA) is 35.5 Å². The molecule has 2 atom stereocenters. The summed E-state index contributed by atoms with van der Waals surface area (Å²) < 4.78 is 12.5. The minimum Gasteiger partial charge on any atom is -0.484 e. The van der Waals surface area contributed by atoms with Gasteiger partial charge in [0.1, 0.15) is 23.7 Å². The fourth-order valence-corrected chi connectivity index (χ4v) is 4.06. The van der Waals surface area contributed by atoms with Crippen LogP contribution in [0.3, 0.4) is 0 Å². The molecule has 124 valence electrons. The second-order valence-electron chi connectivity index (χ2n) is 7.42. The second-order valence-corrected chi connectivity index (χ2v) is 7.42. The Labute approximate surface area is 146 Å². The fourth-order valence-electron chi connectivity index (χ4n) is 4.06. The highest BCUT2D eigenvalue weighted by atomic mass is 16.5. The number of para-hydroxylation sites is 2. The van der Waals surface area contributed by atoms with Crippen molar-refractivity contribution < 1.29 is 14.3 Å². The van der Waals surface area contributed by atoms with Crippen molar-refractivity contribution in [3.8, 4) is 11.5 Å². The zero-order chi connectivity index (χ0) is 17.2. The lowest BCUT2D eigenvalue weighted by Crippen LogP contribution is -2.56. The molecule has 25 heavy (non-hydrogen) atoms. The van der Waals surface area contributed by atoms with Crippen molar-refractivity contribution in [3.63, 3.8) is 0 Å². The summed E-state index contributed by atoms with van der Waals surface area (Å²) in [5, 5.41) is 0. The molecule has 0 saturated heterocycles. The van der Waals surface area contributed by atoms with Crippen molar-refractivity contribution in [3.05, 3.63) is 70.8 Å². The van der Waals surface area contributed by atoms with Gasteiger partial charge in [-0.1, -0.05) is 50.2 Å². The summed E-state index contributed by atoms with van der Waals surface area (Å²) >= 11 is 0. The molecule has 1 saturated carbocycles. The third-order valence-corrected chi connectivity index (χ3v) is 5.39.